The predicted octanol–water partition coefficient (Wildman–Crippen LogP) is 3.18. The number of rotatable bonds is 4. The lowest BCUT2D eigenvalue weighted by atomic mass is 9.91. The largest absolute Gasteiger partial charge is 0.328 e. The molecule has 1 aromatic rings. The number of alkyl halides is 2. The van der Waals surface area contributed by atoms with Crippen molar-refractivity contribution in [2.24, 2.45) is 11.7 Å². The molecule has 4 heteroatoms. The summed E-state index contributed by atoms with van der Waals surface area (Å²) >= 11 is 0. The van der Waals surface area contributed by atoms with Gasteiger partial charge in [0.1, 0.15) is 0 Å². The van der Waals surface area contributed by atoms with E-state index in [0.29, 0.717) is 5.92 Å². The highest BCUT2D eigenvalue weighted by Gasteiger charge is 2.21. The zero-order chi connectivity index (χ0) is 13.8. The zero-order valence-electron chi connectivity index (χ0n) is 11.4. The van der Waals surface area contributed by atoms with Crippen molar-refractivity contribution in [1.82, 2.24) is 4.90 Å². The Bertz CT molecular complexity index is 399. The van der Waals surface area contributed by atoms with Crippen LogP contribution in [0.2, 0.25) is 0 Å². The van der Waals surface area contributed by atoms with Crippen LogP contribution < -0.4 is 5.73 Å². The third kappa shape index (κ3) is 3.98. The molecule has 1 aliphatic rings. The van der Waals surface area contributed by atoms with Crippen LogP contribution in [0.1, 0.15) is 37.3 Å². The Morgan fingerprint density at radius 3 is 2.58 bits per heavy atom. The number of piperidine rings is 1. The quantitative estimate of drug-likeness (QED) is 0.908. The lowest BCUT2D eigenvalue weighted by molar-refractivity contribution is 0.150. The zero-order valence-corrected chi connectivity index (χ0v) is 11.4. The fraction of sp³-hybridized carbons (Fsp3) is 0.600. The van der Waals surface area contributed by atoms with Gasteiger partial charge >= 0.3 is 0 Å². The van der Waals surface area contributed by atoms with Gasteiger partial charge in [-0.1, -0.05) is 18.2 Å². The van der Waals surface area contributed by atoms with Crippen molar-refractivity contribution in [2.45, 2.75) is 38.8 Å². The van der Waals surface area contributed by atoms with Crippen LogP contribution in [-0.2, 0) is 6.54 Å². The molecular formula is C15H22F2N2. The Labute approximate surface area is 113 Å². The van der Waals surface area contributed by atoms with Gasteiger partial charge in [0.2, 0.25) is 0 Å². The van der Waals surface area contributed by atoms with Gasteiger partial charge < -0.3 is 5.73 Å². The summed E-state index contributed by atoms with van der Waals surface area (Å²) in [4.78, 5) is 2.32. The van der Waals surface area contributed by atoms with Gasteiger partial charge in [0.05, 0.1) is 0 Å². The molecule has 2 nitrogen and oxygen atoms in total. The summed E-state index contributed by atoms with van der Waals surface area (Å²) in [5, 5.41) is 0. The topological polar surface area (TPSA) is 29.3 Å². The summed E-state index contributed by atoms with van der Waals surface area (Å²) in [6, 6.07) is 6.98. The lowest BCUT2D eigenvalue weighted by Crippen LogP contribution is -2.39. The number of benzene rings is 1. The molecule has 0 radical (unpaired) electrons. The van der Waals surface area contributed by atoms with Gasteiger partial charge in [0.15, 0.2) is 0 Å². The smallest absolute Gasteiger partial charge is 0.263 e. The second-order valence-corrected chi connectivity index (χ2v) is 5.52. The molecule has 1 heterocycles. The second kappa shape index (κ2) is 6.44. The first kappa shape index (κ1) is 14.4. The van der Waals surface area contributed by atoms with Gasteiger partial charge in [-0.05, 0) is 50.4 Å². The Kier molecular flexibility index (Phi) is 4.88. The van der Waals surface area contributed by atoms with Crippen LogP contribution in [0.25, 0.3) is 0 Å². The maximum atomic E-state index is 12.6. The van der Waals surface area contributed by atoms with Crippen LogP contribution in [0, 0.1) is 5.92 Å². The molecule has 1 fully saturated rings. The lowest BCUT2D eigenvalue weighted by Gasteiger charge is -2.33. The van der Waals surface area contributed by atoms with Gasteiger partial charge in [-0.15, -0.1) is 0 Å². The third-order valence-electron chi connectivity index (χ3n) is 3.99. The average molecular weight is 268 g/mol. The van der Waals surface area contributed by atoms with Crippen molar-refractivity contribution < 1.29 is 8.78 Å². The van der Waals surface area contributed by atoms with Gasteiger partial charge in [-0.3, -0.25) is 4.90 Å². The summed E-state index contributed by atoms with van der Waals surface area (Å²) in [6.07, 6.45) is -0.179. The number of halogens is 2. The number of nitrogens with zero attached hydrogens (tertiary/aromatic N) is 1. The van der Waals surface area contributed by atoms with Crippen molar-refractivity contribution in [3.63, 3.8) is 0 Å². The second-order valence-electron chi connectivity index (χ2n) is 5.52. The predicted molar refractivity (Wildman–Crippen MR) is 73.0 cm³/mol. The summed E-state index contributed by atoms with van der Waals surface area (Å²) in [5.74, 6) is 0.601. The molecule has 0 aromatic heterocycles. The van der Waals surface area contributed by atoms with Crippen molar-refractivity contribution in [3.05, 3.63) is 35.4 Å². The SMILES string of the molecule is CC(N)C1CCN(Cc2cccc(C(F)F)c2)CC1. The van der Waals surface area contributed by atoms with E-state index in [4.69, 9.17) is 5.73 Å². The van der Waals surface area contributed by atoms with E-state index >= 15 is 0 Å². The highest BCUT2D eigenvalue weighted by atomic mass is 19.3. The van der Waals surface area contributed by atoms with Crippen LogP contribution in [0.3, 0.4) is 0 Å². The minimum atomic E-state index is -2.39. The molecule has 0 spiro atoms. The van der Waals surface area contributed by atoms with Crippen LogP contribution in [0.15, 0.2) is 24.3 Å². The van der Waals surface area contributed by atoms with Crippen LogP contribution >= 0.6 is 0 Å². The van der Waals surface area contributed by atoms with E-state index in [-0.39, 0.29) is 11.6 Å². The number of nitrogens with two attached hydrogens (primary N) is 1. The molecule has 19 heavy (non-hydrogen) atoms. The third-order valence-corrected chi connectivity index (χ3v) is 3.99. The van der Waals surface area contributed by atoms with E-state index in [1.807, 2.05) is 6.07 Å². The molecule has 0 saturated carbocycles. The first-order chi connectivity index (χ1) is 9.06. The van der Waals surface area contributed by atoms with Gasteiger partial charge in [-0.2, -0.15) is 0 Å². The Morgan fingerprint density at radius 1 is 1.32 bits per heavy atom. The van der Waals surface area contributed by atoms with Crippen molar-refractivity contribution in [3.8, 4) is 0 Å². The van der Waals surface area contributed by atoms with Crippen molar-refractivity contribution >= 4 is 0 Å². The molecular weight excluding hydrogens is 246 g/mol. The molecule has 106 valence electrons. The fourth-order valence-corrected chi connectivity index (χ4v) is 2.72. The average Bonchev–Trinajstić information content (AvgIpc) is 2.39. The number of hydrogen-bond donors (Lipinski definition) is 1. The minimum Gasteiger partial charge on any atom is -0.328 e. The van der Waals surface area contributed by atoms with E-state index < -0.39 is 6.43 Å². The molecule has 1 saturated heterocycles. The molecule has 2 rings (SSSR count). The van der Waals surface area contributed by atoms with Gasteiger partial charge in [-0.25, -0.2) is 8.78 Å². The normalized spacial score (nSPS) is 19.8. The highest BCUT2D eigenvalue weighted by Crippen LogP contribution is 2.23. The van der Waals surface area contributed by atoms with Crippen molar-refractivity contribution in [1.29, 1.82) is 0 Å². The number of likely N-dealkylation sites (tertiary alicyclic amines) is 1. The molecule has 1 aliphatic heterocycles. The van der Waals surface area contributed by atoms with E-state index in [1.165, 1.54) is 6.07 Å². The first-order valence-corrected chi connectivity index (χ1v) is 6.91. The molecule has 1 atom stereocenters. The van der Waals surface area contributed by atoms with Crippen LogP contribution in [0.5, 0.6) is 0 Å². The summed E-state index contributed by atoms with van der Waals surface area (Å²) in [7, 11) is 0. The Hall–Kier alpha value is -1.00. The molecule has 1 aromatic carbocycles. The summed E-state index contributed by atoms with van der Waals surface area (Å²) in [6.45, 7) is 4.83. The monoisotopic (exact) mass is 268 g/mol. The molecule has 1 unspecified atom stereocenters. The van der Waals surface area contributed by atoms with E-state index in [1.54, 1.807) is 12.1 Å². The van der Waals surface area contributed by atoms with Crippen molar-refractivity contribution in [2.75, 3.05) is 13.1 Å². The molecule has 0 aliphatic carbocycles. The van der Waals surface area contributed by atoms with Crippen LogP contribution in [0.4, 0.5) is 8.78 Å². The van der Waals surface area contributed by atoms with E-state index in [9.17, 15) is 8.78 Å². The Balaban J connectivity index is 1.90. The standard InChI is InChI=1S/C15H22F2N2/c1-11(18)13-5-7-19(8-6-13)10-12-3-2-4-14(9-12)15(16)17/h2-4,9,11,13,15H,5-8,10,18H2,1H3. The molecule has 0 amide bonds. The molecule has 0 bridgehead atoms. The molecule has 2 N–H and O–H groups in total. The summed E-state index contributed by atoms with van der Waals surface area (Å²) in [5.41, 5.74) is 7.00. The summed E-state index contributed by atoms with van der Waals surface area (Å²) < 4.78 is 25.3. The maximum absolute atomic E-state index is 12.6. The Morgan fingerprint density at radius 2 is 2.00 bits per heavy atom. The maximum Gasteiger partial charge on any atom is 0.263 e. The van der Waals surface area contributed by atoms with E-state index in [0.717, 1.165) is 38.0 Å². The van der Waals surface area contributed by atoms with E-state index in [2.05, 4.69) is 11.8 Å². The van der Waals surface area contributed by atoms with Gasteiger partial charge in [0.25, 0.3) is 6.43 Å². The van der Waals surface area contributed by atoms with Gasteiger partial charge in [0, 0.05) is 18.2 Å². The number of hydrogen-bond acceptors (Lipinski definition) is 2. The minimum absolute atomic E-state index is 0.114. The van der Waals surface area contributed by atoms with Crippen LogP contribution in [-0.4, -0.2) is 24.0 Å². The highest BCUT2D eigenvalue weighted by molar-refractivity contribution is 5.24. The fourth-order valence-electron chi connectivity index (χ4n) is 2.72. The first-order valence-electron chi connectivity index (χ1n) is 6.91.